The predicted molar refractivity (Wildman–Crippen MR) is 110 cm³/mol. The van der Waals surface area contributed by atoms with E-state index in [2.05, 4.69) is 41.1 Å². The number of allylic oxidation sites excluding steroid dienone is 4. The van der Waals surface area contributed by atoms with Crippen LogP contribution in [0, 0.1) is 0 Å². The number of nitrogens with zero attached hydrogens (tertiary/aromatic N) is 2. The molecular weight excluding hydrogens is 348 g/mol. The zero-order valence-corrected chi connectivity index (χ0v) is 16.7. The summed E-state index contributed by atoms with van der Waals surface area (Å²) in [7, 11) is 2.05. The van der Waals surface area contributed by atoms with E-state index in [-0.39, 0.29) is 17.5 Å². The summed E-state index contributed by atoms with van der Waals surface area (Å²) in [4.78, 5) is 30.6. The van der Waals surface area contributed by atoms with Crippen molar-refractivity contribution in [3.63, 3.8) is 0 Å². The molecule has 0 atom stereocenters. The van der Waals surface area contributed by atoms with Crippen molar-refractivity contribution in [3.05, 3.63) is 52.4 Å². The van der Waals surface area contributed by atoms with Gasteiger partial charge in [0.25, 0.3) is 0 Å². The molecule has 2 aliphatic carbocycles. The van der Waals surface area contributed by atoms with E-state index in [1.807, 2.05) is 0 Å². The summed E-state index contributed by atoms with van der Waals surface area (Å²) in [6.07, 6.45) is 7.42. The number of rotatable bonds is 2. The summed E-state index contributed by atoms with van der Waals surface area (Å²) < 4.78 is 0. The van der Waals surface area contributed by atoms with Crippen molar-refractivity contribution in [1.82, 2.24) is 4.90 Å². The third-order valence-electron chi connectivity index (χ3n) is 6.94. The van der Waals surface area contributed by atoms with Crippen LogP contribution in [0.4, 0.5) is 5.69 Å². The highest BCUT2D eigenvalue weighted by molar-refractivity contribution is 6.06. The predicted octanol–water partition coefficient (Wildman–Crippen LogP) is 4.33. The number of carbonyl (C=O) groups is 2. The van der Waals surface area contributed by atoms with E-state index in [1.54, 1.807) is 0 Å². The number of carbonyl (C=O) groups excluding carboxylic acids is 2. The number of Topliss-reactive ketones (excluding diaryl/α,β-unsaturated/α-hetero) is 2. The van der Waals surface area contributed by atoms with E-state index in [9.17, 15) is 9.59 Å². The van der Waals surface area contributed by atoms with Crippen LogP contribution >= 0.6 is 0 Å². The summed E-state index contributed by atoms with van der Waals surface area (Å²) in [5.74, 6) is 0.285. The summed E-state index contributed by atoms with van der Waals surface area (Å²) in [5, 5.41) is 0. The molecule has 4 heteroatoms. The zero-order chi connectivity index (χ0) is 19.3. The molecule has 5 rings (SSSR count). The van der Waals surface area contributed by atoms with Crippen molar-refractivity contribution >= 4 is 17.3 Å². The average Bonchev–Trinajstić information content (AvgIpc) is 3.25. The first-order chi connectivity index (χ1) is 13.6. The molecule has 146 valence electrons. The van der Waals surface area contributed by atoms with Crippen LogP contribution in [0.5, 0.6) is 0 Å². The fourth-order valence-electron chi connectivity index (χ4n) is 5.54. The van der Waals surface area contributed by atoms with Crippen molar-refractivity contribution in [3.8, 4) is 0 Å². The molecule has 0 unspecified atom stereocenters. The molecule has 4 nitrogen and oxygen atoms in total. The molecule has 0 amide bonds. The van der Waals surface area contributed by atoms with E-state index in [4.69, 9.17) is 0 Å². The largest absolute Gasteiger partial charge is 0.372 e. The van der Waals surface area contributed by atoms with Gasteiger partial charge in [0.15, 0.2) is 11.6 Å². The SMILES string of the molecule is CN1C2=C(C(=O)CCC2)C(c2ccc(N3CCCC3)cc2)C2=C1CCCC2=O. The van der Waals surface area contributed by atoms with Gasteiger partial charge in [-0.15, -0.1) is 0 Å². The van der Waals surface area contributed by atoms with Crippen LogP contribution in [0.3, 0.4) is 0 Å². The number of hydrogen-bond acceptors (Lipinski definition) is 4. The van der Waals surface area contributed by atoms with Crippen molar-refractivity contribution < 1.29 is 9.59 Å². The fraction of sp³-hybridized carbons (Fsp3) is 0.500. The van der Waals surface area contributed by atoms with Gasteiger partial charge in [-0.05, 0) is 56.2 Å². The van der Waals surface area contributed by atoms with Gasteiger partial charge in [0, 0.05) is 67.1 Å². The Hall–Kier alpha value is -2.36. The van der Waals surface area contributed by atoms with Crippen LogP contribution in [-0.2, 0) is 9.59 Å². The van der Waals surface area contributed by atoms with Crippen molar-refractivity contribution in [2.24, 2.45) is 0 Å². The Labute approximate surface area is 166 Å². The summed E-state index contributed by atoms with van der Waals surface area (Å²) >= 11 is 0. The molecule has 0 N–H and O–H groups in total. The number of hydrogen-bond donors (Lipinski definition) is 0. The first-order valence-corrected chi connectivity index (χ1v) is 10.8. The smallest absolute Gasteiger partial charge is 0.161 e. The Kier molecular flexibility index (Phi) is 4.37. The minimum atomic E-state index is -0.172. The molecule has 0 spiro atoms. The van der Waals surface area contributed by atoms with Crippen LogP contribution in [-0.4, -0.2) is 36.6 Å². The molecule has 1 aromatic rings. The molecule has 28 heavy (non-hydrogen) atoms. The second-order valence-electron chi connectivity index (χ2n) is 8.55. The third-order valence-corrected chi connectivity index (χ3v) is 6.94. The van der Waals surface area contributed by atoms with Crippen molar-refractivity contribution in [2.45, 2.75) is 57.3 Å². The maximum atomic E-state index is 13.0. The molecule has 1 aromatic carbocycles. The highest BCUT2D eigenvalue weighted by Gasteiger charge is 2.42. The van der Waals surface area contributed by atoms with E-state index < -0.39 is 0 Å². The summed E-state index contributed by atoms with van der Waals surface area (Å²) in [6.45, 7) is 2.24. The normalized spacial score (nSPS) is 23.5. The molecule has 4 aliphatic rings. The third kappa shape index (κ3) is 2.73. The Bertz CT molecular complexity index is 844. The van der Waals surface area contributed by atoms with Crippen molar-refractivity contribution in [1.29, 1.82) is 0 Å². The van der Waals surface area contributed by atoms with E-state index in [1.165, 1.54) is 18.5 Å². The molecule has 2 aliphatic heterocycles. The van der Waals surface area contributed by atoms with Gasteiger partial charge in [-0.1, -0.05) is 12.1 Å². The molecule has 0 radical (unpaired) electrons. The first-order valence-electron chi connectivity index (χ1n) is 10.8. The molecule has 0 bridgehead atoms. The van der Waals surface area contributed by atoms with Crippen LogP contribution in [0.1, 0.15) is 62.8 Å². The zero-order valence-electron chi connectivity index (χ0n) is 16.7. The minimum absolute atomic E-state index is 0.172. The van der Waals surface area contributed by atoms with Gasteiger partial charge in [-0.3, -0.25) is 9.59 Å². The van der Waals surface area contributed by atoms with Gasteiger partial charge in [-0.2, -0.15) is 0 Å². The second kappa shape index (κ2) is 6.91. The number of ketones is 2. The second-order valence-corrected chi connectivity index (χ2v) is 8.55. The van der Waals surface area contributed by atoms with Crippen molar-refractivity contribution in [2.75, 3.05) is 25.0 Å². The molecule has 1 fully saturated rings. The highest BCUT2D eigenvalue weighted by Crippen LogP contribution is 2.48. The summed E-state index contributed by atoms with van der Waals surface area (Å²) in [6, 6.07) is 8.67. The van der Waals surface area contributed by atoms with Crippen LogP contribution in [0.25, 0.3) is 0 Å². The average molecular weight is 377 g/mol. The van der Waals surface area contributed by atoms with E-state index >= 15 is 0 Å². The van der Waals surface area contributed by atoms with Gasteiger partial charge < -0.3 is 9.80 Å². The minimum Gasteiger partial charge on any atom is -0.372 e. The Morgan fingerprint density at radius 2 is 1.29 bits per heavy atom. The Morgan fingerprint density at radius 1 is 0.750 bits per heavy atom. The van der Waals surface area contributed by atoms with E-state index in [0.29, 0.717) is 12.8 Å². The van der Waals surface area contributed by atoms with E-state index in [0.717, 1.165) is 66.9 Å². The maximum absolute atomic E-state index is 13.0. The molecule has 1 saturated heterocycles. The molecule has 0 saturated carbocycles. The van der Waals surface area contributed by atoms with Crippen LogP contribution in [0.15, 0.2) is 46.8 Å². The number of benzene rings is 1. The van der Waals surface area contributed by atoms with Gasteiger partial charge in [0.2, 0.25) is 0 Å². The lowest BCUT2D eigenvalue weighted by Crippen LogP contribution is -2.37. The van der Waals surface area contributed by atoms with Gasteiger partial charge in [0.1, 0.15) is 0 Å². The van der Waals surface area contributed by atoms with Gasteiger partial charge >= 0.3 is 0 Å². The van der Waals surface area contributed by atoms with Crippen LogP contribution < -0.4 is 4.90 Å². The molecule has 0 aromatic heterocycles. The lowest BCUT2D eigenvalue weighted by molar-refractivity contribution is -0.117. The van der Waals surface area contributed by atoms with Crippen LogP contribution in [0.2, 0.25) is 0 Å². The molecular formula is C24H28N2O2. The highest BCUT2D eigenvalue weighted by atomic mass is 16.1. The quantitative estimate of drug-likeness (QED) is 0.770. The molecule has 2 heterocycles. The fourth-order valence-corrected chi connectivity index (χ4v) is 5.54. The lowest BCUT2D eigenvalue weighted by Gasteiger charge is -2.42. The lowest BCUT2D eigenvalue weighted by atomic mass is 9.71. The standard InChI is InChI=1S/C24H28N2O2/c1-25-18-6-4-8-20(27)23(18)22(24-19(25)7-5-9-21(24)28)16-10-12-17(13-11-16)26-14-2-3-15-26/h10-13,22H,2-9,14-15H2,1H3. The monoisotopic (exact) mass is 376 g/mol. The number of anilines is 1. The van der Waals surface area contributed by atoms with Gasteiger partial charge in [0.05, 0.1) is 0 Å². The summed E-state index contributed by atoms with van der Waals surface area (Å²) in [5.41, 5.74) is 6.43. The Balaban J connectivity index is 1.61. The first kappa shape index (κ1) is 17.7. The Morgan fingerprint density at radius 3 is 1.82 bits per heavy atom. The maximum Gasteiger partial charge on any atom is 0.161 e. The topological polar surface area (TPSA) is 40.6 Å². The van der Waals surface area contributed by atoms with Gasteiger partial charge in [-0.25, -0.2) is 0 Å².